The molecule has 0 bridgehead atoms. The van der Waals surface area contributed by atoms with Crippen LogP contribution in [0.15, 0.2) is 59.7 Å². The van der Waals surface area contributed by atoms with Gasteiger partial charge in [0.05, 0.1) is 6.26 Å². The lowest BCUT2D eigenvalue weighted by atomic mass is 10.0. The predicted octanol–water partition coefficient (Wildman–Crippen LogP) is 3.17. The summed E-state index contributed by atoms with van der Waals surface area (Å²) in [7, 11) is 0. The summed E-state index contributed by atoms with van der Waals surface area (Å²) in [6, 6.07) is 12.2. The van der Waals surface area contributed by atoms with Gasteiger partial charge in [0.2, 0.25) is 5.91 Å². The summed E-state index contributed by atoms with van der Waals surface area (Å²) < 4.78 is 5.55. The molecular weight excluding hydrogens is 288 g/mol. The van der Waals surface area contributed by atoms with Crippen LogP contribution >= 0.6 is 0 Å². The Morgan fingerprint density at radius 2 is 2.00 bits per heavy atom. The van der Waals surface area contributed by atoms with Gasteiger partial charge in [-0.1, -0.05) is 30.3 Å². The van der Waals surface area contributed by atoms with Gasteiger partial charge < -0.3 is 9.32 Å². The maximum Gasteiger partial charge on any atom is 0.224 e. The first-order valence-corrected chi connectivity index (χ1v) is 8.00. The molecule has 1 saturated heterocycles. The van der Waals surface area contributed by atoms with Gasteiger partial charge in [0.25, 0.3) is 0 Å². The minimum absolute atomic E-state index is 0.215. The Labute approximate surface area is 137 Å². The quantitative estimate of drug-likeness (QED) is 0.796. The average molecular weight is 310 g/mol. The van der Waals surface area contributed by atoms with Crippen LogP contribution < -0.4 is 0 Å². The van der Waals surface area contributed by atoms with Crippen molar-refractivity contribution >= 4 is 5.91 Å². The Bertz CT molecular complexity index is 664. The molecule has 0 N–H and O–H groups in total. The van der Waals surface area contributed by atoms with Crippen molar-refractivity contribution in [1.82, 2.24) is 9.80 Å². The van der Waals surface area contributed by atoms with Crippen LogP contribution in [0.25, 0.3) is 11.3 Å². The molecule has 1 aliphatic rings. The molecule has 0 saturated carbocycles. The van der Waals surface area contributed by atoms with Crippen LogP contribution in [0.5, 0.6) is 0 Å². The number of furan rings is 1. The Hall–Kier alpha value is -2.33. The molecule has 1 aromatic carbocycles. The molecule has 23 heavy (non-hydrogen) atoms. The SMILES string of the molecule is C=CCN1CCN(Cc2ccccc2-c2ccco2)CCC1=O. The third-order valence-electron chi connectivity index (χ3n) is 4.23. The van der Waals surface area contributed by atoms with Gasteiger partial charge in [-0.15, -0.1) is 6.58 Å². The van der Waals surface area contributed by atoms with Crippen LogP contribution in [-0.4, -0.2) is 41.9 Å². The Kier molecular flexibility index (Phi) is 4.93. The van der Waals surface area contributed by atoms with E-state index in [1.807, 2.05) is 23.1 Å². The first kappa shape index (κ1) is 15.6. The molecular formula is C19H22N2O2. The normalized spacial score (nSPS) is 16.3. The van der Waals surface area contributed by atoms with E-state index in [0.29, 0.717) is 13.0 Å². The van der Waals surface area contributed by atoms with E-state index < -0.39 is 0 Å². The smallest absolute Gasteiger partial charge is 0.224 e. The summed E-state index contributed by atoms with van der Waals surface area (Å²) >= 11 is 0. The van der Waals surface area contributed by atoms with Gasteiger partial charge in [0, 0.05) is 44.7 Å². The highest BCUT2D eigenvalue weighted by molar-refractivity contribution is 5.76. The molecule has 0 spiro atoms. The van der Waals surface area contributed by atoms with Crippen molar-refractivity contribution in [3.63, 3.8) is 0 Å². The molecule has 1 amide bonds. The maximum absolute atomic E-state index is 12.1. The van der Waals surface area contributed by atoms with Crippen LogP contribution in [0.1, 0.15) is 12.0 Å². The molecule has 3 rings (SSSR count). The van der Waals surface area contributed by atoms with Crippen LogP contribution in [0.3, 0.4) is 0 Å². The maximum atomic E-state index is 12.1. The molecule has 0 atom stereocenters. The topological polar surface area (TPSA) is 36.7 Å². The number of rotatable bonds is 5. The molecule has 4 heteroatoms. The summed E-state index contributed by atoms with van der Waals surface area (Å²) in [5.74, 6) is 1.10. The van der Waals surface area contributed by atoms with E-state index in [1.54, 1.807) is 12.3 Å². The molecule has 1 aliphatic heterocycles. The number of benzene rings is 1. The summed E-state index contributed by atoms with van der Waals surface area (Å²) in [6.07, 6.45) is 4.06. The first-order chi connectivity index (χ1) is 11.3. The summed E-state index contributed by atoms with van der Waals surface area (Å²) in [5.41, 5.74) is 2.35. The number of hydrogen-bond acceptors (Lipinski definition) is 3. The molecule has 2 aromatic rings. The van der Waals surface area contributed by atoms with E-state index in [2.05, 4.69) is 29.7 Å². The van der Waals surface area contributed by atoms with Crippen LogP contribution in [0, 0.1) is 0 Å². The lowest BCUT2D eigenvalue weighted by Gasteiger charge is -2.22. The van der Waals surface area contributed by atoms with E-state index >= 15 is 0 Å². The number of hydrogen-bond donors (Lipinski definition) is 0. The van der Waals surface area contributed by atoms with Crippen molar-refractivity contribution in [1.29, 1.82) is 0 Å². The van der Waals surface area contributed by atoms with Crippen LogP contribution in [-0.2, 0) is 11.3 Å². The van der Waals surface area contributed by atoms with Gasteiger partial charge in [0.15, 0.2) is 0 Å². The molecule has 1 fully saturated rings. The van der Waals surface area contributed by atoms with Gasteiger partial charge >= 0.3 is 0 Å². The fourth-order valence-corrected chi connectivity index (χ4v) is 2.99. The highest BCUT2D eigenvalue weighted by atomic mass is 16.3. The lowest BCUT2D eigenvalue weighted by molar-refractivity contribution is -0.129. The molecule has 0 aliphatic carbocycles. The monoisotopic (exact) mass is 310 g/mol. The third kappa shape index (κ3) is 3.71. The second-order valence-corrected chi connectivity index (χ2v) is 5.79. The highest BCUT2D eigenvalue weighted by Crippen LogP contribution is 2.25. The molecule has 120 valence electrons. The van der Waals surface area contributed by atoms with Crippen molar-refractivity contribution < 1.29 is 9.21 Å². The number of nitrogens with zero attached hydrogens (tertiary/aromatic N) is 2. The fraction of sp³-hybridized carbons (Fsp3) is 0.316. The standard InChI is InChI=1S/C19H22N2O2/c1-2-10-21-13-12-20(11-9-19(21)22)15-16-6-3-4-7-17(16)18-8-5-14-23-18/h2-8,14H,1,9-13,15H2. The number of carbonyl (C=O) groups excluding carboxylic acids is 1. The second-order valence-electron chi connectivity index (χ2n) is 5.79. The zero-order valence-electron chi connectivity index (χ0n) is 13.3. The average Bonchev–Trinajstić information content (AvgIpc) is 3.04. The minimum atomic E-state index is 0.215. The van der Waals surface area contributed by atoms with Crippen LogP contribution in [0.2, 0.25) is 0 Å². The minimum Gasteiger partial charge on any atom is -0.464 e. The fourth-order valence-electron chi connectivity index (χ4n) is 2.99. The number of amides is 1. The van der Waals surface area contributed by atoms with Crippen LogP contribution in [0.4, 0.5) is 0 Å². The van der Waals surface area contributed by atoms with Gasteiger partial charge in [-0.05, 0) is 17.7 Å². The van der Waals surface area contributed by atoms with E-state index in [1.165, 1.54) is 5.56 Å². The molecule has 1 aromatic heterocycles. The Morgan fingerprint density at radius 1 is 1.13 bits per heavy atom. The Balaban J connectivity index is 1.73. The van der Waals surface area contributed by atoms with Gasteiger partial charge in [0.1, 0.15) is 5.76 Å². The van der Waals surface area contributed by atoms with Crippen molar-refractivity contribution in [2.45, 2.75) is 13.0 Å². The zero-order chi connectivity index (χ0) is 16.1. The van der Waals surface area contributed by atoms with E-state index in [0.717, 1.165) is 37.5 Å². The Morgan fingerprint density at radius 3 is 2.78 bits per heavy atom. The summed E-state index contributed by atoms with van der Waals surface area (Å²) in [5, 5.41) is 0. The molecule has 2 heterocycles. The molecule has 4 nitrogen and oxygen atoms in total. The van der Waals surface area contributed by atoms with Gasteiger partial charge in [-0.25, -0.2) is 0 Å². The van der Waals surface area contributed by atoms with E-state index in [9.17, 15) is 4.79 Å². The second kappa shape index (κ2) is 7.29. The largest absolute Gasteiger partial charge is 0.464 e. The lowest BCUT2D eigenvalue weighted by Crippen LogP contribution is -2.33. The molecule has 0 unspecified atom stereocenters. The highest BCUT2D eigenvalue weighted by Gasteiger charge is 2.20. The summed E-state index contributed by atoms with van der Waals surface area (Å²) in [4.78, 5) is 16.3. The van der Waals surface area contributed by atoms with Crippen molar-refractivity contribution in [3.8, 4) is 11.3 Å². The van der Waals surface area contributed by atoms with Gasteiger partial charge in [-0.3, -0.25) is 9.69 Å². The summed E-state index contributed by atoms with van der Waals surface area (Å²) in [6.45, 7) is 7.62. The van der Waals surface area contributed by atoms with Gasteiger partial charge in [-0.2, -0.15) is 0 Å². The van der Waals surface area contributed by atoms with E-state index in [-0.39, 0.29) is 5.91 Å². The zero-order valence-corrected chi connectivity index (χ0v) is 13.3. The van der Waals surface area contributed by atoms with Crippen molar-refractivity contribution in [2.24, 2.45) is 0 Å². The first-order valence-electron chi connectivity index (χ1n) is 8.00. The predicted molar refractivity (Wildman–Crippen MR) is 90.8 cm³/mol. The van der Waals surface area contributed by atoms with E-state index in [4.69, 9.17) is 4.42 Å². The molecule has 0 radical (unpaired) electrons. The van der Waals surface area contributed by atoms with Crippen molar-refractivity contribution in [3.05, 3.63) is 60.9 Å². The van der Waals surface area contributed by atoms with Crippen molar-refractivity contribution in [2.75, 3.05) is 26.2 Å². The number of carbonyl (C=O) groups is 1. The third-order valence-corrected chi connectivity index (χ3v) is 4.23.